The maximum Gasteiger partial charge on any atom is 0.143 e. The van der Waals surface area contributed by atoms with Gasteiger partial charge in [-0.2, -0.15) is 0 Å². The normalized spacial score (nSPS) is 12.7. The van der Waals surface area contributed by atoms with Crippen molar-refractivity contribution in [3.8, 4) is 66.8 Å². The Hall–Kier alpha value is -14.4. The Kier molecular flexibility index (Phi) is 16.9. The van der Waals surface area contributed by atoms with E-state index in [4.69, 9.17) is 4.42 Å². The van der Waals surface area contributed by atoms with Crippen molar-refractivity contribution in [2.24, 2.45) is 0 Å². The number of hydrogen-bond donors (Lipinski definition) is 0. The number of furan rings is 1. The summed E-state index contributed by atoms with van der Waals surface area (Å²) in [5, 5.41) is 4.84. The van der Waals surface area contributed by atoms with Gasteiger partial charge in [0.2, 0.25) is 0 Å². The van der Waals surface area contributed by atoms with Crippen LogP contribution in [-0.2, 0) is 10.8 Å². The van der Waals surface area contributed by atoms with E-state index in [0.29, 0.717) is 0 Å². The van der Waals surface area contributed by atoms with Crippen LogP contribution in [0.2, 0.25) is 0 Å². The van der Waals surface area contributed by atoms with Gasteiger partial charge in [0.05, 0.1) is 22.2 Å². The zero-order chi connectivity index (χ0) is 75.5. The van der Waals surface area contributed by atoms with Crippen LogP contribution in [0.3, 0.4) is 0 Å². The molecule has 22 rings (SSSR count). The number of hydrogen-bond acceptors (Lipinski definition) is 4. The van der Waals surface area contributed by atoms with E-state index < -0.39 is 10.8 Å². The topological polar surface area (TPSA) is 19.6 Å². The largest absolute Gasteiger partial charge is 0.455 e. The predicted molar refractivity (Wildman–Crippen MR) is 479 cm³/mol. The Balaban J connectivity index is 0.000000143. The molecule has 4 heteroatoms. The van der Waals surface area contributed by atoms with Gasteiger partial charge in [-0.25, -0.2) is 0 Å². The maximum absolute atomic E-state index is 6.65. The van der Waals surface area contributed by atoms with Gasteiger partial charge in [-0.3, -0.25) is 0 Å². The third-order valence-corrected chi connectivity index (χ3v) is 24.8. The van der Waals surface area contributed by atoms with Crippen molar-refractivity contribution in [3.05, 3.63) is 493 Å². The van der Waals surface area contributed by atoms with Gasteiger partial charge in [-0.1, -0.05) is 376 Å². The lowest BCUT2D eigenvalue weighted by Crippen LogP contribution is -2.28. The summed E-state index contributed by atoms with van der Waals surface area (Å²) in [6, 6.07) is 164. The van der Waals surface area contributed by atoms with E-state index in [-0.39, 0.29) is 0 Å². The number of rotatable bonds is 14. The zero-order valence-corrected chi connectivity index (χ0v) is 63.3. The van der Waals surface area contributed by atoms with Crippen LogP contribution in [0.1, 0.15) is 44.5 Å². The van der Waals surface area contributed by atoms with Crippen LogP contribution < -0.4 is 9.80 Å². The minimum absolute atomic E-state index is 0.504. The predicted octanol–water partition coefficient (Wildman–Crippen LogP) is 30.0. The summed E-state index contributed by atoms with van der Waals surface area (Å²) < 4.78 is 9.27. The number of thiophene rings is 1. The van der Waals surface area contributed by atoms with Crippen LogP contribution >= 0.6 is 11.3 Å². The Morgan fingerprint density at radius 1 is 0.211 bits per heavy atom. The van der Waals surface area contributed by atoms with Crippen LogP contribution in [0.25, 0.3) is 109 Å². The molecule has 0 atom stereocenters. The van der Waals surface area contributed by atoms with Crippen LogP contribution in [0.5, 0.6) is 0 Å². The standard InChI is InChI=1S/C55H37NO.C55H37NS/c2*1-4-17-38(18-5-1)39-31-33-42(34-32-39)56(52-29-14-11-24-46(52)48-26-16-27-49-47-25-12-15-30-53(47)57-54(48)49)43-35-36-45-44-23-10-13-28-50(44)55(51(45)37-43,40-19-6-2-7-20-40)41-21-8-3-9-22-41/h2*1-37H. The molecule has 3 nitrogen and oxygen atoms in total. The first-order valence-corrected chi connectivity index (χ1v) is 40.0. The first-order chi connectivity index (χ1) is 56.6. The lowest BCUT2D eigenvalue weighted by molar-refractivity contribution is 0.670. The molecule has 20 aromatic rings. The second-order valence-electron chi connectivity index (χ2n) is 29.6. The fourth-order valence-electron chi connectivity index (χ4n) is 18.6. The van der Waals surface area contributed by atoms with Crippen molar-refractivity contribution in [1.82, 2.24) is 0 Å². The van der Waals surface area contributed by atoms with E-state index in [2.05, 4.69) is 453 Å². The smallest absolute Gasteiger partial charge is 0.143 e. The molecule has 0 saturated carbocycles. The van der Waals surface area contributed by atoms with Gasteiger partial charge in [-0.15, -0.1) is 11.3 Å². The monoisotopic (exact) mass is 1470 g/mol. The van der Waals surface area contributed by atoms with Gasteiger partial charge in [0.15, 0.2) is 0 Å². The molecule has 0 saturated heterocycles. The average molecular weight is 1470 g/mol. The fourth-order valence-corrected chi connectivity index (χ4v) is 19.8. The first-order valence-electron chi connectivity index (χ1n) is 39.2. The molecule has 0 spiro atoms. The van der Waals surface area contributed by atoms with Gasteiger partial charge < -0.3 is 14.2 Å². The van der Waals surface area contributed by atoms with Crippen molar-refractivity contribution < 1.29 is 4.42 Å². The van der Waals surface area contributed by atoms with Gasteiger partial charge in [0, 0.05) is 75.9 Å². The van der Waals surface area contributed by atoms with Crippen molar-refractivity contribution in [2.45, 2.75) is 10.8 Å². The molecule has 0 radical (unpaired) electrons. The molecule has 2 aromatic heterocycles. The van der Waals surface area contributed by atoms with Crippen LogP contribution in [0, 0.1) is 0 Å². The summed E-state index contributed by atoms with van der Waals surface area (Å²) >= 11 is 1.88. The minimum Gasteiger partial charge on any atom is -0.455 e. The molecule has 114 heavy (non-hydrogen) atoms. The summed E-state index contributed by atoms with van der Waals surface area (Å²) in [7, 11) is 0. The summed E-state index contributed by atoms with van der Waals surface area (Å²) in [5.41, 5.74) is 31.9. The SMILES string of the molecule is c1ccc(-c2ccc(N(c3ccc4c(c3)C(c3ccccc3)(c3ccccc3)c3ccccc3-4)c3ccccc3-c3cccc4c3oc3ccccc34)cc2)cc1.c1ccc(-c2ccc(N(c3ccc4c(c3)C(c3ccccc3)(c3ccccc3)c3ccccc3-4)c3ccccc3-c3cccc4c3sc3ccccc34)cc2)cc1. The first kappa shape index (κ1) is 67.7. The molecule has 0 fully saturated rings. The van der Waals surface area contributed by atoms with Crippen LogP contribution in [0.4, 0.5) is 34.1 Å². The molecular weight excluding hydrogens is 1400 g/mol. The van der Waals surface area contributed by atoms with E-state index in [1.807, 2.05) is 17.4 Å². The summed E-state index contributed by atoms with van der Waals surface area (Å²) in [6.45, 7) is 0. The quantitative estimate of drug-likeness (QED) is 0.108. The summed E-state index contributed by atoms with van der Waals surface area (Å²) in [5.74, 6) is 0. The molecule has 0 aliphatic heterocycles. The van der Waals surface area contributed by atoms with Gasteiger partial charge in [-0.05, 0) is 162 Å². The Morgan fingerprint density at radius 3 is 1.03 bits per heavy atom. The number of benzene rings is 18. The molecule has 0 amide bonds. The third-order valence-electron chi connectivity index (χ3n) is 23.5. The molecule has 536 valence electrons. The highest BCUT2D eigenvalue weighted by Gasteiger charge is 2.48. The molecule has 2 aliphatic carbocycles. The molecule has 18 aromatic carbocycles. The van der Waals surface area contributed by atoms with Crippen molar-refractivity contribution in [1.29, 1.82) is 0 Å². The average Bonchev–Trinajstić information content (AvgIpc) is 1.54. The van der Waals surface area contributed by atoms with E-state index in [1.54, 1.807) is 0 Å². The summed E-state index contributed by atoms with van der Waals surface area (Å²) in [4.78, 5) is 4.90. The highest BCUT2D eigenvalue weighted by Crippen LogP contribution is 2.60. The van der Waals surface area contributed by atoms with Crippen LogP contribution in [0.15, 0.2) is 453 Å². The highest BCUT2D eigenvalue weighted by molar-refractivity contribution is 7.26. The molecule has 2 heterocycles. The Labute approximate surface area is 668 Å². The van der Waals surface area contributed by atoms with Crippen molar-refractivity contribution in [3.63, 3.8) is 0 Å². The van der Waals surface area contributed by atoms with Crippen LogP contribution in [-0.4, -0.2) is 0 Å². The Bertz CT molecular complexity index is 6450. The number of nitrogens with zero attached hydrogens (tertiary/aromatic N) is 2. The van der Waals surface area contributed by atoms with Crippen molar-refractivity contribution >= 4 is 87.6 Å². The number of para-hydroxylation sites is 4. The van der Waals surface area contributed by atoms with E-state index in [0.717, 1.165) is 67.2 Å². The molecule has 2 aliphatic rings. The highest BCUT2D eigenvalue weighted by atomic mass is 32.1. The molecule has 0 bridgehead atoms. The zero-order valence-electron chi connectivity index (χ0n) is 62.4. The molecule has 0 unspecified atom stereocenters. The second-order valence-corrected chi connectivity index (χ2v) is 30.7. The number of anilines is 6. The Morgan fingerprint density at radius 2 is 0.544 bits per heavy atom. The fraction of sp³-hybridized carbons (Fsp3) is 0.0182. The second kappa shape index (κ2) is 28.5. The summed E-state index contributed by atoms with van der Waals surface area (Å²) in [6.07, 6.45) is 0. The van der Waals surface area contributed by atoms with Gasteiger partial charge >= 0.3 is 0 Å². The van der Waals surface area contributed by atoms with E-state index in [9.17, 15) is 0 Å². The maximum atomic E-state index is 6.65. The van der Waals surface area contributed by atoms with Crippen molar-refractivity contribution in [2.75, 3.05) is 9.80 Å². The van der Waals surface area contributed by atoms with Gasteiger partial charge in [0.1, 0.15) is 11.2 Å². The third kappa shape index (κ3) is 11.2. The minimum atomic E-state index is -0.521. The van der Waals surface area contributed by atoms with E-state index >= 15 is 0 Å². The van der Waals surface area contributed by atoms with E-state index in [1.165, 1.54) is 120 Å². The lowest BCUT2D eigenvalue weighted by atomic mass is 9.67. The lowest BCUT2D eigenvalue weighted by Gasteiger charge is -2.35. The van der Waals surface area contributed by atoms with Gasteiger partial charge in [0.25, 0.3) is 0 Å². The number of fused-ring (bicyclic) bond motifs is 12. The molecular formula is C110H74N2OS. The molecule has 0 N–H and O–H groups in total.